The van der Waals surface area contributed by atoms with Gasteiger partial charge < -0.3 is 5.11 Å². The molecule has 124 valence electrons. The number of hydrogen-bond acceptors (Lipinski definition) is 4. The Bertz CT molecular complexity index is 1230. The van der Waals surface area contributed by atoms with Gasteiger partial charge in [-0.1, -0.05) is 59.7 Å². The number of aliphatic hydroxyl groups is 1. The number of rotatable bonds is 1. The average Bonchev–Trinajstić information content (AvgIpc) is 2.70. The molecule has 0 amide bonds. The van der Waals surface area contributed by atoms with Crippen LogP contribution in [0.2, 0.25) is 0 Å². The van der Waals surface area contributed by atoms with Crippen LogP contribution in [0.3, 0.4) is 0 Å². The molecule has 0 fully saturated rings. The third-order valence-electron chi connectivity index (χ3n) is 4.88. The van der Waals surface area contributed by atoms with E-state index in [4.69, 9.17) is 15.5 Å². The third kappa shape index (κ3) is 2.00. The first kappa shape index (κ1) is 14.8. The lowest BCUT2D eigenvalue weighted by molar-refractivity contribution is 0.141. The molecule has 3 aromatic carbocycles. The third-order valence-corrected chi connectivity index (χ3v) is 4.88. The van der Waals surface area contributed by atoms with Crippen LogP contribution < -0.4 is 0 Å². The molecule has 6 heteroatoms. The summed E-state index contributed by atoms with van der Waals surface area (Å²) in [6, 6.07) is 18.7. The predicted octanol–water partition coefficient (Wildman–Crippen LogP) is 4.85. The van der Waals surface area contributed by atoms with E-state index in [0.717, 1.165) is 32.9 Å². The molecule has 6 nitrogen and oxygen atoms in total. The van der Waals surface area contributed by atoms with Gasteiger partial charge in [-0.05, 0) is 22.5 Å². The van der Waals surface area contributed by atoms with E-state index in [-0.39, 0.29) is 0 Å². The van der Waals surface area contributed by atoms with E-state index >= 15 is 0 Å². The van der Waals surface area contributed by atoms with Gasteiger partial charge in [0.15, 0.2) is 0 Å². The number of aliphatic hydroxyl groups excluding tert-OH is 1. The van der Waals surface area contributed by atoms with Gasteiger partial charge in [-0.3, -0.25) is 0 Å². The lowest BCUT2D eigenvalue weighted by atomic mass is 9.86. The maximum Gasteiger partial charge on any atom is 0.111 e. The molecule has 1 aromatic heterocycles. The van der Waals surface area contributed by atoms with Crippen molar-refractivity contribution in [3.8, 4) is 11.3 Å². The lowest BCUT2D eigenvalue weighted by Crippen LogP contribution is -2.18. The van der Waals surface area contributed by atoms with Crippen LogP contribution in [0.4, 0.5) is 0 Å². The highest BCUT2D eigenvalue weighted by atomic mass is 16.3. The van der Waals surface area contributed by atoms with Crippen molar-refractivity contribution in [1.29, 1.82) is 0 Å². The fourth-order valence-corrected chi connectivity index (χ4v) is 3.68. The monoisotopic (exact) mass is 339 g/mol. The zero-order valence-electron chi connectivity index (χ0n) is 13.6. The van der Waals surface area contributed by atoms with Crippen molar-refractivity contribution >= 4 is 21.8 Å². The molecule has 1 heterocycles. The molecule has 2 atom stereocenters. The summed E-state index contributed by atoms with van der Waals surface area (Å²) in [6.07, 6.45) is -1.04. The van der Waals surface area contributed by atoms with Crippen molar-refractivity contribution in [3.05, 3.63) is 82.4 Å². The van der Waals surface area contributed by atoms with Gasteiger partial charge in [-0.15, -0.1) is 0 Å². The van der Waals surface area contributed by atoms with Crippen LogP contribution in [0.15, 0.2) is 65.8 Å². The molecule has 26 heavy (non-hydrogen) atoms. The van der Waals surface area contributed by atoms with E-state index in [9.17, 15) is 5.11 Å². The first-order chi connectivity index (χ1) is 12.8. The quantitative estimate of drug-likeness (QED) is 0.232. The summed E-state index contributed by atoms with van der Waals surface area (Å²) in [5.74, 6) is 0. The molecule has 1 aliphatic carbocycles. The van der Waals surface area contributed by atoms with E-state index in [2.05, 4.69) is 10.0 Å². The zero-order chi connectivity index (χ0) is 17.7. The highest BCUT2D eigenvalue weighted by molar-refractivity contribution is 6.04. The second kappa shape index (κ2) is 5.52. The molecule has 0 saturated carbocycles. The molecule has 0 aliphatic heterocycles. The average molecular weight is 339 g/mol. The van der Waals surface area contributed by atoms with Crippen molar-refractivity contribution in [2.24, 2.45) is 5.11 Å². The summed E-state index contributed by atoms with van der Waals surface area (Å²) in [5.41, 5.74) is 13.1. The van der Waals surface area contributed by atoms with Gasteiger partial charge in [0.25, 0.3) is 0 Å². The molecular formula is C20H13N5O. The Labute approximate surface area is 148 Å². The minimum Gasteiger partial charge on any atom is -0.386 e. The Kier molecular flexibility index (Phi) is 3.15. The smallest absolute Gasteiger partial charge is 0.111 e. The van der Waals surface area contributed by atoms with E-state index in [1.807, 2.05) is 60.7 Å². The van der Waals surface area contributed by atoms with E-state index in [1.54, 1.807) is 0 Å². The Morgan fingerprint density at radius 2 is 1.77 bits per heavy atom. The first-order valence-corrected chi connectivity index (χ1v) is 8.29. The standard InChI is InChI=1S/C20H13N5O/c21-25-24-18-14-8-4-3-7-13(14)17-19(20(18)26)23-16-12-6-2-1-5-11(12)9-10-15(16)22-17/h1-10,18,20,26H/t18?,20-/m1/s1. The molecular weight excluding hydrogens is 326 g/mol. The minimum atomic E-state index is -1.04. The first-order valence-electron chi connectivity index (χ1n) is 8.29. The predicted molar refractivity (Wildman–Crippen MR) is 99.3 cm³/mol. The van der Waals surface area contributed by atoms with E-state index in [1.165, 1.54) is 0 Å². The van der Waals surface area contributed by atoms with Crippen LogP contribution in [0.1, 0.15) is 23.4 Å². The summed E-state index contributed by atoms with van der Waals surface area (Å²) in [5, 5.41) is 16.7. The van der Waals surface area contributed by atoms with Gasteiger partial charge in [0.2, 0.25) is 0 Å². The highest BCUT2D eigenvalue weighted by Crippen LogP contribution is 2.45. The van der Waals surface area contributed by atoms with Gasteiger partial charge in [-0.2, -0.15) is 0 Å². The molecule has 0 spiro atoms. The maximum atomic E-state index is 10.9. The molecule has 5 rings (SSSR count). The number of azide groups is 1. The number of benzene rings is 3. The van der Waals surface area contributed by atoms with Crippen LogP contribution in [0, 0.1) is 0 Å². The SMILES string of the molecule is [N-]=[N+]=NC1c2ccccc2-c2nc3ccc4ccccc4c3nc2[C@@H]1O. The lowest BCUT2D eigenvalue weighted by Gasteiger charge is -2.28. The van der Waals surface area contributed by atoms with Gasteiger partial charge in [0, 0.05) is 15.9 Å². The number of aromatic nitrogens is 2. The van der Waals surface area contributed by atoms with Crippen molar-refractivity contribution in [2.75, 3.05) is 0 Å². The van der Waals surface area contributed by atoms with Crippen LogP contribution in [0.25, 0.3) is 43.5 Å². The Hall–Kier alpha value is -3.47. The van der Waals surface area contributed by atoms with Gasteiger partial charge in [0.1, 0.15) is 6.10 Å². The van der Waals surface area contributed by atoms with Crippen molar-refractivity contribution in [3.63, 3.8) is 0 Å². The Morgan fingerprint density at radius 1 is 0.962 bits per heavy atom. The summed E-state index contributed by atoms with van der Waals surface area (Å²) in [7, 11) is 0. The van der Waals surface area contributed by atoms with Gasteiger partial charge in [0.05, 0.1) is 28.5 Å². The largest absolute Gasteiger partial charge is 0.386 e. The molecule has 0 saturated heterocycles. The minimum absolute atomic E-state index is 0.449. The van der Waals surface area contributed by atoms with Crippen LogP contribution in [0.5, 0.6) is 0 Å². The topological polar surface area (TPSA) is 94.8 Å². The van der Waals surface area contributed by atoms with E-state index in [0.29, 0.717) is 11.4 Å². The molecule has 0 bridgehead atoms. The van der Waals surface area contributed by atoms with Crippen molar-refractivity contribution in [2.45, 2.75) is 12.1 Å². The van der Waals surface area contributed by atoms with Gasteiger partial charge in [-0.25, -0.2) is 9.97 Å². The van der Waals surface area contributed by atoms with Crippen LogP contribution in [-0.2, 0) is 0 Å². The molecule has 1 N–H and O–H groups in total. The van der Waals surface area contributed by atoms with E-state index < -0.39 is 12.1 Å². The summed E-state index contributed by atoms with van der Waals surface area (Å²) >= 11 is 0. The second-order valence-electron chi connectivity index (χ2n) is 6.29. The number of fused-ring (bicyclic) bond motifs is 6. The van der Waals surface area contributed by atoms with Gasteiger partial charge >= 0.3 is 0 Å². The normalized spacial score (nSPS) is 18.2. The zero-order valence-corrected chi connectivity index (χ0v) is 13.6. The van der Waals surface area contributed by atoms with Crippen LogP contribution >= 0.6 is 0 Å². The fraction of sp³-hybridized carbons (Fsp3) is 0.100. The molecule has 0 radical (unpaired) electrons. The highest BCUT2D eigenvalue weighted by Gasteiger charge is 2.34. The number of nitrogens with zero attached hydrogens (tertiary/aromatic N) is 5. The number of hydrogen-bond donors (Lipinski definition) is 1. The van der Waals surface area contributed by atoms with Crippen molar-refractivity contribution in [1.82, 2.24) is 9.97 Å². The Balaban J connectivity index is 1.89. The molecule has 1 unspecified atom stereocenters. The fourth-order valence-electron chi connectivity index (χ4n) is 3.68. The molecule has 1 aliphatic rings. The Morgan fingerprint density at radius 3 is 2.65 bits per heavy atom. The second-order valence-corrected chi connectivity index (χ2v) is 6.29. The van der Waals surface area contributed by atoms with Crippen LogP contribution in [-0.4, -0.2) is 15.1 Å². The summed E-state index contributed by atoms with van der Waals surface area (Å²) in [6.45, 7) is 0. The summed E-state index contributed by atoms with van der Waals surface area (Å²) in [4.78, 5) is 12.5. The maximum absolute atomic E-state index is 10.9. The summed E-state index contributed by atoms with van der Waals surface area (Å²) < 4.78 is 0. The molecule has 4 aromatic rings. The van der Waals surface area contributed by atoms with Crippen molar-refractivity contribution < 1.29 is 5.11 Å².